The Morgan fingerprint density at radius 3 is 2.53 bits per heavy atom. The smallest absolute Gasteiger partial charge is 0.242 e. The van der Waals surface area contributed by atoms with Crippen LogP contribution in [0.3, 0.4) is 0 Å². The first-order valence-electron chi connectivity index (χ1n) is 6.46. The number of carbonyl (C=O) groups is 3. The van der Waals surface area contributed by atoms with Gasteiger partial charge < -0.3 is 21.7 Å². The normalized spacial score (nSPS) is 20.4. The maximum absolute atomic E-state index is 11.9. The predicted octanol–water partition coefficient (Wildman–Crippen LogP) is -1.44. The third-order valence-corrected chi connectivity index (χ3v) is 3.34. The minimum Gasteiger partial charge on any atom is -0.368 e. The molecule has 1 rings (SSSR count). The van der Waals surface area contributed by atoms with E-state index in [0.29, 0.717) is 13.0 Å². The molecule has 7 nitrogen and oxygen atoms in total. The molecule has 1 unspecified atom stereocenters. The van der Waals surface area contributed by atoms with E-state index in [9.17, 15) is 14.4 Å². The highest BCUT2D eigenvalue weighted by Crippen LogP contribution is 2.16. The van der Waals surface area contributed by atoms with Gasteiger partial charge in [-0.3, -0.25) is 14.4 Å². The van der Waals surface area contributed by atoms with Crippen LogP contribution in [0.15, 0.2) is 0 Å². The van der Waals surface area contributed by atoms with Gasteiger partial charge in [0, 0.05) is 6.54 Å². The lowest BCUT2D eigenvalue weighted by Gasteiger charge is -2.23. The molecule has 0 radical (unpaired) electrons. The molecule has 5 N–H and O–H groups in total. The van der Waals surface area contributed by atoms with Gasteiger partial charge in [-0.25, -0.2) is 0 Å². The molecule has 0 aromatic carbocycles. The fourth-order valence-corrected chi connectivity index (χ4v) is 2.05. The van der Waals surface area contributed by atoms with Crippen LogP contribution < -0.4 is 16.8 Å². The maximum atomic E-state index is 11.9. The lowest BCUT2D eigenvalue weighted by Crippen LogP contribution is -2.50. The van der Waals surface area contributed by atoms with Crippen molar-refractivity contribution in [1.29, 1.82) is 0 Å². The van der Waals surface area contributed by atoms with E-state index in [-0.39, 0.29) is 24.3 Å². The van der Waals surface area contributed by atoms with Crippen LogP contribution in [0.25, 0.3) is 0 Å². The van der Waals surface area contributed by atoms with Crippen molar-refractivity contribution >= 4 is 17.7 Å². The first-order chi connectivity index (χ1) is 8.84. The van der Waals surface area contributed by atoms with Crippen LogP contribution in [0.1, 0.15) is 26.7 Å². The minimum atomic E-state index is -0.640. The number of nitrogens with two attached hydrogens (primary N) is 2. The molecule has 108 valence electrons. The second kappa shape index (κ2) is 6.51. The zero-order valence-electron chi connectivity index (χ0n) is 11.4. The van der Waals surface area contributed by atoms with Gasteiger partial charge in [-0.05, 0) is 18.8 Å². The summed E-state index contributed by atoms with van der Waals surface area (Å²) in [5.74, 6) is -1.17. The summed E-state index contributed by atoms with van der Waals surface area (Å²) in [7, 11) is 0. The Hall–Kier alpha value is -1.63. The lowest BCUT2D eigenvalue weighted by atomic mass is 10.1. The number of likely N-dealkylation sites (tertiary alicyclic amines) is 1. The van der Waals surface area contributed by atoms with Crippen LogP contribution in [0, 0.1) is 5.92 Å². The summed E-state index contributed by atoms with van der Waals surface area (Å²) in [4.78, 5) is 36.1. The summed E-state index contributed by atoms with van der Waals surface area (Å²) < 4.78 is 0. The van der Waals surface area contributed by atoms with E-state index >= 15 is 0 Å². The van der Waals surface area contributed by atoms with E-state index in [0.717, 1.165) is 6.42 Å². The van der Waals surface area contributed by atoms with Gasteiger partial charge in [0.2, 0.25) is 17.7 Å². The maximum Gasteiger partial charge on any atom is 0.242 e. The van der Waals surface area contributed by atoms with Gasteiger partial charge in [0.05, 0.1) is 12.6 Å². The van der Waals surface area contributed by atoms with Crippen molar-refractivity contribution in [2.75, 3.05) is 13.1 Å². The number of amides is 3. The molecule has 0 saturated carbocycles. The lowest BCUT2D eigenvalue weighted by molar-refractivity contribution is -0.137. The third-order valence-electron chi connectivity index (χ3n) is 3.34. The Bertz CT molecular complexity index is 370. The first-order valence-corrected chi connectivity index (χ1v) is 6.46. The molecule has 0 bridgehead atoms. The summed E-state index contributed by atoms with van der Waals surface area (Å²) in [5.41, 5.74) is 10.9. The number of nitrogens with zero attached hydrogens (tertiary/aromatic N) is 1. The van der Waals surface area contributed by atoms with E-state index in [1.807, 2.05) is 13.8 Å². The summed E-state index contributed by atoms with van der Waals surface area (Å²) >= 11 is 0. The molecule has 1 aliphatic rings. The van der Waals surface area contributed by atoms with Crippen molar-refractivity contribution in [3.63, 3.8) is 0 Å². The highest BCUT2D eigenvalue weighted by molar-refractivity contribution is 5.91. The monoisotopic (exact) mass is 270 g/mol. The van der Waals surface area contributed by atoms with Crippen molar-refractivity contribution < 1.29 is 14.4 Å². The Labute approximate surface area is 112 Å². The van der Waals surface area contributed by atoms with Crippen LogP contribution >= 0.6 is 0 Å². The standard InChI is InChI=1S/C12H22N4O3/c1-7(2)10(13)12(19)15-6-9(17)16-5-3-4-8(16)11(14)18/h7-8,10H,3-6,13H2,1-2H3,(H2,14,18)(H,15,19)/t8?,10-/m0/s1. The predicted molar refractivity (Wildman–Crippen MR) is 69.8 cm³/mol. The van der Waals surface area contributed by atoms with E-state index in [1.165, 1.54) is 4.90 Å². The van der Waals surface area contributed by atoms with Gasteiger partial charge in [-0.1, -0.05) is 13.8 Å². The molecule has 3 amide bonds. The Morgan fingerprint density at radius 2 is 2.00 bits per heavy atom. The molecule has 19 heavy (non-hydrogen) atoms. The van der Waals surface area contributed by atoms with Crippen LogP contribution in [0.2, 0.25) is 0 Å². The molecule has 0 spiro atoms. The fourth-order valence-electron chi connectivity index (χ4n) is 2.05. The van der Waals surface area contributed by atoms with Crippen molar-refractivity contribution in [2.45, 2.75) is 38.8 Å². The van der Waals surface area contributed by atoms with E-state index < -0.39 is 18.0 Å². The number of carbonyl (C=O) groups excluding carboxylic acids is 3. The summed E-state index contributed by atoms with van der Waals surface area (Å²) in [5, 5.41) is 2.49. The topological polar surface area (TPSA) is 119 Å². The number of primary amides is 1. The molecule has 2 atom stereocenters. The van der Waals surface area contributed by atoms with Gasteiger partial charge in [0.15, 0.2) is 0 Å². The van der Waals surface area contributed by atoms with Crippen molar-refractivity contribution in [3.8, 4) is 0 Å². The Balaban J connectivity index is 2.47. The molecule has 1 fully saturated rings. The minimum absolute atomic E-state index is 0.000238. The van der Waals surface area contributed by atoms with Crippen LogP contribution in [0.5, 0.6) is 0 Å². The fraction of sp³-hybridized carbons (Fsp3) is 0.750. The van der Waals surface area contributed by atoms with E-state index in [4.69, 9.17) is 11.5 Å². The van der Waals surface area contributed by atoms with E-state index in [2.05, 4.69) is 5.32 Å². The first kappa shape index (κ1) is 15.4. The molecule has 0 aromatic rings. The van der Waals surface area contributed by atoms with Crippen molar-refractivity contribution in [3.05, 3.63) is 0 Å². The zero-order chi connectivity index (χ0) is 14.6. The number of hydrogen-bond acceptors (Lipinski definition) is 4. The van der Waals surface area contributed by atoms with Crippen LogP contribution in [-0.2, 0) is 14.4 Å². The SMILES string of the molecule is CC(C)[C@H](N)C(=O)NCC(=O)N1CCCC1C(N)=O. The van der Waals surface area contributed by atoms with Crippen LogP contribution in [0.4, 0.5) is 0 Å². The molecular formula is C12H22N4O3. The number of nitrogens with one attached hydrogen (secondary N) is 1. The van der Waals surface area contributed by atoms with Crippen molar-refractivity contribution in [1.82, 2.24) is 10.2 Å². The van der Waals surface area contributed by atoms with Crippen LogP contribution in [-0.4, -0.2) is 47.8 Å². The zero-order valence-corrected chi connectivity index (χ0v) is 11.4. The second-order valence-corrected chi connectivity index (χ2v) is 5.14. The van der Waals surface area contributed by atoms with Gasteiger partial charge in [-0.15, -0.1) is 0 Å². The van der Waals surface area contributed by atoms with Gasteiger partial charge >= 0.3 is 0 Å². The molecule has 1 heterocycles. The highest BCUT2D eigenvalue weighted by Gasteiger charge is 2.32. The van der Waals surface area contributed by atoms with Gasteiger partial charge in [0.25, 0.3) is 0 Å². The number of rotatable bonds is 5. The summed E-state index contributed by atoms with van der Waals surface area (Å²) in [6.45, 7) is 4.01. The molecule has 7 heteroatoms. The summed E-state index contributed by atoms with van der Waals surface area (Å²) in [6, 6.07) is -1.19. The average Bonchev–Trinajstić information content (AvgIpc) is 2.83. The largest absolute Gasteiger partial charge is 0.368 e. The Morgan fingerprint density at radius 1 is 1.37 bits per heavy atom. The number of hydrogen-bond donors (Lipinski definition) is 3. The van der Waals surface area contributed by atoms with Gasteiger partial charge in [-0.2, -0.15) is 0 Å². The Kier molecular flexibility index (Phi) is 5.29. The average molecular weight is 270 g/mol. The molecule has 1 saturated heterocycles. The van der Waals surface area contributed by atoms with Gasteiger partial charge in [0.1, 0.15) is 6.04 Å². The molecule has 1 aliphatic heterocycles. The highest BCUT2D eigenvalue weighted by atomic mass is 16.2. The quantitative estimate of drug-likeness (QED) is 0.567. The molecule has 0 aliphatic carbocycles. The second-order valence-electron chi connectivity index (χ2n) is 5.14. The third kappa shape index (κ3) is 3.92. The molecular weight excluding hydrogens is 248 g/mol. The van der Waals surface area contributed by atoms with Crippen molar-refractivity contribution in [2.24, 2.45) is 17.4 Å². The van der Waals surface area contributed by atoms with E-state index in [1.54, 1.807) is 0 Å². The molecule has 0 aromatic heterocycles. The summed E-state index contributed by atoms with van der Waals surface area (Å²) in [6.07, 6.45) is 1.33.